The van der Waals surface area contributed by atoms with Crippen molar-refractivity contribution >= 4 is 27.4 Å². The zero-order valence-corrected chi connectivity index (χ0v) is 11.5. The minimum absolute atomic E-state index is 0.244. The Morgan fingerprint density at radius 1 is 1.37 bits per heavy atom. The van der Waals surface area contributed by atoms with Gasteiger partial charge in [0.25, 0.3) is 0 Å². The van der Waals surface area contributed by atoms with Gasteiger partial charge in [-0.15, -0.1) is 0 Å². The molecule has 1 N–H and O–H groups in total. The molecule has 0 amide bonds. The van der Waals surface area contributed by atoms with Gasteiger partial charge in [-0.2, -0.15) is 18.3 Å². The number of halogens is 4. The minimum atomic E-state index is -4.47. The number of rotatable bonds is 3. The van der Waals surface area contributed by atoms with Crippen LogP contribution in [0.3, 0.4) is 0 Å². The third kappa shape index (κ3) is 3.25. The summed E-state index contributed by atoms with van der Waals surface area (Å²) in [7, 11) is 0. The summed E-state index contributed by atoms with van der Waals surface area (Å²) < 4.78 is 40.5. The van der Waals surface area contributed by atoms with Crippen LogP contribution in [0.15, 0.2) is 29.1 Å². The van der Waals surface area contributed by atoms with Gasteiger partial charge in [0.2, 0.25) is 0 Å². The number of anilines is 2. The Hall–Kier alpha value is -1.57. The van der Waals surface area contributed by atoms with Crippen molar-refractivity contribution in [2.24, 2.45) is 0 Å². The molecular formula is C11H10BrF3N4. The van der Waals surface area contributed by atoms with E-state index in [2.05, 4.69) is 31.3 Å². The van der Waals surface area contributed by atoms with Crippen molar-refractivity contribution in [3.63, 3.8) is 0 Å². The lowest BCUT2D eigenvalue weighted by Gasteiger charge is -2.12. The predicted molar refractivity (Wildman–Crippen MR) is 68.1 cm³/mol. The van der Waals surface area contributed by atoms with E-state index < -0.39 is 11.7 Å². The maximum atomic E-state index is 12.9. The Morgan fingerprint density at radius 2 is 2.11 bits per heavy atom. The molecule has 2 aromatic heterocycles. The van der Waals surface area contributed by atoms with Gasteiger partial charge in [-0.3, -0.25) is 4.68 Å². The number of hydrogen-bond acceptors (Lipinski definition) is 3. The van der Waals surface area contributed by atoms with E-state index in [-0.39, 0.29) is 10.3 Å². The molecule has 19 heavy (non-hydrogen) atoms. The van der Waals surface area contributed by atoms with Crippen LogP contribution in [0.2, 0.25) is 0 Å². The van der Waals surface area contributed by atoms with Crippen LogP contribution in [0.25, 0.3) is 0 Å². The first-order chi connectivity index (χ1) is 8.90. The molecule has 2 heterocycles. The molecule has 0 aliphatic carbocycles. The van der Waals surface area contributed by atoms with Crippen LogP contribution >= 0.6 is 15.9 Å². The molecule has 0 saturated heterocycles. The van der Waals surface area contributed by atoms with Crippen LogP contribution in [0.4, 0.5) is 24.7 Å². The van der Waals surface area contributed by atoms with E-state index >= 15 is 0 Å². The lowest BCUT2D eigenvalue weighted by Crippen LogP contribution is -2.10. The Balaban J connectivity index is 2.34. The maximum absolute atomic E-state index is 12.9. The zero-order valence-electron chi connectivity index (χ0n) is 9.87. The summed E-state index contributed by atoms with van der Waals surface area (Å²) in [6.07, 6.45) is -0.0983. The topological polar surface area (TPSA) is 42.7 Å². The highest BCUT2D eigenvalue weighted by molar-refractivity contribution is 9.10. The molecule has 102 valence electrons. The average molecular weight is 335 g/mol. The summed E-state index contributed by atoms with van der Waals surface area (Å²) in [5, 5.41) is 6.60. The fourth-order valence-corrected chi connectivity index (χ4v) is 1.82. The molecule has 0 atom stereocenters. The van der Waals surface area contributed by atoms with E-state index in [1.54, 1.807) is 10.9 Å². The number of alkyl halides is 3. The van der Waals surface area contributed by atoms with Crippen molar-refractivity contribution in [1.29, 1.82) is 0 Å². The van der Waals surface area contributed by atoms with E-state index in [0.717, 1.165) is 6.07 Å². The Labute approximate surface area is 115 Å². The molecule has 4 nitrogen and oxygen atoms in total. The summed E-state index contributed by atoms with van der Waals surface area (Å²) in [4.78, 5) is 3.76. The number of nitrogens with one attached hydrogen (secondary N) is 1. The second-order valence-corrected chi connectivity index (χ2v) is 4.67. The summed E-state index contributed by atoms with van der Waals surface area (Å²) >= 11 is 2.98. The summed E-state index contributed by atoms with van der Waals surface area (Å²) in [6.45, 7) is 2.53. The van der Waals surface area contributed by atoms with E-state index in [9.17, 15) is 13.2 Å². The van der Waals surface area contributed by atoms with E-state index in [1.165, 1.54) is 12.4 Å². The normalized spacial score (nSPS) is 11.6. The van der Waals surface area contributed by atoms with Crippen LogP contribution in [0, 0.1) is 0 Å². The predicted octanol–water partition coefficient (Wildman–Crippen LogP) is 3.82. The molecule has 0 saturated carbocycles. The summed E-state index contributed by atoms with van der Waals surface area (Å²) in [5.41, 5.74) is -0.367. The van der Waals surface area contributed by atoms with Crippen molar-refractivity contribution in [2.45, 2.75) is 19.6 Å². The molecule has 0 aromatic carbocycles. The first kappa shape index (κ1) is 13.9. The molecule has 0 radical (unpaired) electrons. The fourth-order valence-electron chi connectivity index (χ4n) is 1.49. The van der Waals surface area contributed by atoms with Gasteiger partial charge in [-0.25, -0.2) is 4.98 Å². The van der Waals surface area contributed by atoms with Gasteiger partial charge < -0.3 is 5.32 Å². The first-order valence-corrected chi connectivity index (χ1v) is 6.21. The Bertz CT molecular complexity index is 580. The summed E-state index contributed by atoms with van der Waals surface area (Å²) in [5.74, 6) is -0.244. The van der Waals surface area contributed by atoms with Gasteiger partial charge >= 0.3 is 6.18 Å². The molecular weight excluding hydrogens is 325 g/mol. The highest BCUT2D eigenvalue weighted by atomic mass is 79.9. The summed E-state index contributed by atoms with van der Waals surface area (Å²) in [6, 6.07) is 0.986. The maximum Gasteiger partial charge on any atom is 0.420 e. The van der Waals surface area contributed by atoms with Crippen molar-refractivity contribution in [2.75, 3.05) is 5.32 Å². The van der Waals surface area contributed by atoms with E-state index in [0.29, 0.717) is 12.2 Å². The van der Waals surface area contributed by atoms with Gasteiger partial charge in [0.05, 0.1) is 17.4 Å². The van der Waals surface area contributed by atoms with Gasteiger partial charge in [-0.05, 0) is 28.9 Å². The molecule has 8 heteroatoms. The number of aryl methyl sites for hydroxylation is 1. The van der Waals surface area contributed by atoms with Gasteiger partial charge in [0, 0.05) is 23.4 Å². The van der Waals surface area contributed by atoms with E-state index in [4.69, 9.17) is 0 Å². The van der Waals surface area contributed by atoms with Crippen LogP contribution in [-0.4, -0.2) is 14.8 Å². The third-order valence-corrected chi connectivity index (χ3v) is 2.81. The van der Waals surface area contributed by atoms with Gasteiger partial charge in [-0.1, -0.05) is 0 Å². The zero-order chi connectivity index (χ0) is 14.0. The van der Waals surface area contributed by atoms with Gasteiger partial charge in [0.15, 0.2) is 0 Å². The Morgan fingerprint density at radius 3 is 2.68 bits per heavy atom. The average Bonchev–Trinajstić information content (AvgIpc) is 2.78. The quantitative estimate of drug-likeness (QED) is 0.927. The number of nitrogens with zero attached hydrogens (tertiary/aromatic N) is 3. The molecule has 0 aliphatic heterocycles. The van der Waals surface area contributed by atoms with E-state index in [1.807, 2.05) is 6.92 Å². The van der Waals surface area contributed by atoms with Gasteiger partial charge in [0.1, 0.15) is 5.82 Å². The third-order valence-electron chi connectivity index (χ3n) is 2.38. The van der Waals surface area contributed by atoms with Crippen molar-refractivity contribution in [3.8, 4) is 0 Å². The molecule has 0 spiro atoms. The Kier molecular flexibility index (Phi) is 3.79. The molecule has 2 rings (SSSR count). The lowest BCUT2D eigenvalue weighted by molar-refractivity contribution is -0.137. The number of hydrogen-bond donors (Lipinski definition) is 1. The van der Waals surface area contributed by atoms with Crippen molar-refractivity contribution in [1.82, 2.24) is 14.8 Å². The number of pyridine rings is 1. The van der Waals surface area contributed by atoms with Crippen molar-refractivity contribution < 1.29 is 13.2 Å². The molecule has 0 unspecified atom stereocenters. The molecule has 0 fully saturated rings. The SMILES string of the molecule is CCn1cc(Nc2ncc(Br)cc2C(F)(F)F)cn1. The van der Waals surface area contributed by atoms with Crippen LogP contribution in [-0.2, 0) is 12.7 Å². The molecule has 0 aliphatic rings. The fraction of sp³-hybridized carbons (Fsp3) is 0.273. The van der Waals surface area contributed by atoms with Crippen LogP contribution < -0.4 is 5.32 Å². The highest BCUT2D eigenvalue weighted by Crippen LogP contribution is 2.36. The first-order valence-electron chi connectivity index (χ1n) is 5.42. The standard InChI is InChI=1S/C11H10BrF3N4/c1-2-19-6-8(5-17-19)18-10-9(11(13,14)15)3-7(12)4-16-10/h3-6H,2H2,1H3,(H,16,18). The second kappa shape index (κ2) is 5.20. The second-order valence-electron chi connectivity index (χ2n) is 3.76. The molecule has 2 aromatic rings. The highest BCUT2D eigenvalue weighted by Gasteiger charge is 2.34. The molecule has 0 bridgehead atoms. The smallest absolute Gasteiger partial charge is 0.337 e. The van der Waals surface area contributed by atoms with Crippen molar-refractivity contribution in [3.05, 3.63) is 34.7 Å². The minimum Gasteiger partial charge on any atom is -0.337 e. The van der Waals surface area contributed by atoms with Crippen LogP contribution in [0.1, 0.15) is 12.5 Å². The van der Waals surface area contributed by atoms with Crippen LogP contribution in [0.5, 0.6) is 0 Å². The largest absolute Gasteiger partial charge is 0.420 e. The number of aromatic nitrogens is 3. The monoisotopic (exact) mass is 334 g/mol. The lowest BCUT2D eigenvalue weighted by atomic mass is 10.2.